The van der Waals surface area contributed by atoms with Crippen LogP contribution < -0.4 is 5.32 Å². The van der Waals surface area contributed by atoms with Gasteiger partial charge in [-0.1, -0.05) is 38.1 Å². The quantitative estimate of drug-likeness (QED) is 0.817. The predicted molar refractivity (Wildman–Crippen MR) is 82.6 cm³/mol. The molecule has 1 N–H and O–H groups in total. The molecule has 0 amide bonds. The zero-order valence-corrected chi connectivity index (χ0v) is 12.9. The molecule has 1 atom stereocenters. The van der Waals surface area contributed by atoms with Gasteiger partial charge in [0.2, 0.25) is 0 Å². The van der Waals surface area contributed by atoms with Gasteiger partial charge in [0, 0.05) is 6.04 Å². The number of hydrogen-bond acceptors (Lipinski definition) is 2. The fourth-order valence-corrected chi connectivity index (χ4v) is 3.10. The van der Waals surface area contributed by atoms with Gasteiger partial charge in [0.1, 0.15) is 0 Å². The monoisotopic (exact) mass is 260 g/mol. The number of nitrogens with one attached hydrogen (secondary N) is 1. The molecule has 0 aliphatic heterocycles. The van der Waals surface area contributed by atoms with Crippen LogP contribution in [-0.2, 0) is 5.41 Å². The third kappa shape index (κ3) is 3.58. The molecular formula is C17H28N2. The molecule has 1 aliphatic rings. The second kappa shape index (κ2) is 6.06. The van der Waals surface area contributed by atoms with Gasteiger partial charge >= 0.3 is 0 Å². The zero-order chi connectivity index (χ0) is 13.9. The Morgan fingerprint density at radius 2 is 2.00 bits per heavy atom. The van der Waals surface area contributed by atoms with Crippen LogP contribution in [-0.4, -0.2) is 32.1 Å². The second-order valence-electron chi connectivity index (χ2n) is 6.67. The molecule has 1 aromatic rings. The second-order valence-corrected chi connectivity index (χ2v) is 6.67. The maximum atomic E-state index is 3.74. The number of hydrogen-bond donors (Lipinski definition) is 1. The zero-order valence-electron chi connectivity index (χ0n) is 12.9. The van der Waals surface area contributed by atoms with Crippen molar-refractivity contribution in [1.29, 1.82) is 0 Å². The standard InChI is InChI=1S/C17H28N2/c1-17(2)11-10-16(18-12-7-13-19(3)4)14-8-5-6-9-15(14)17/h5-6,8-9,16,18H,7,10-13H2,1-4H3. The van der Waals surface area contributed by atoms with Crippen molar-refractivity contribution >= 4 is 0 Å². The van der Waals surface area contributed by atoms with E-state index in [1.54, 1.807) is 0 Å². The van der Waals surface area contributed by atoms with Crippen molar-refractivity contribution in [2.75, 3.05) is 27.2 Å². The average Bonchev–Trinajstić information content (AvgIpc) is 2.37. The summed E-state index contributed by atoms with van der Waals surface area (Å²) in [6.07, 6.45) is 3.75. The summed E-state index contributed by atoms with van der Waals surface area (Å²) in [5.41, 5.74) is 3.38. The highest BCUT2D eigenvalue weighted by atomic mass is 15.1. The summed E-state index contributed by atoms with van der Waals surface area (Å²) in [5, 5.41) is 3.74. The molecule has 0 heterocycles. The predicted octanol–water partition coefficient (Wildman–Crippen LogP) is 3.34. The molecule has 0 saturated carbocycles. The SMILES string of the molecule is CN(C)CCCNC1CCC(C)(C)c2ccccc21. The molecule has 0 saturated heterocycles. The molecule has 1 aromatic carbocycles. The largest absolute Gasteiger partial charge is 0.310 e. The molecule has 2 nitrogen and oxygen atoms in total. The molecule has 0 fully saturated rings. The van der Waals surface area contributed by atoms with Gasteiger partial charge in [-0.05, 0) is 63.0 Å². The lowest BCUT2D eigenvalue weighted by atomic mass is 9.71. The van der Waals surface area contributed by atoms with Crippen LogP contribution in [0.2, 0.25) is 0 Å². The third-order valence-corrected chi connectivity index (χ3v) is 4.30. The van der Waals surface area contributed by atoms with E-state index in [0.29, 0.717) is 11.5 Å². The Bertz CT molecular complexity index is 409. The average molecular weight is 260 g/mol. The van der Waals surface area contributed by atoms with Crippen LogP contribution in [0.15, 0.2) is 24.3 Å². The van der Waals surface area contributed by atoms with Crippen LogP contribution in [0, 0.1) is 0 Å². The molecule has 0 radical (unpaired) electrons. The summed E-state index contributed by atoms with van der Waals surface area (Å²) >= 11 is 0. The maximum Gasteiger partial charge on any atom is 0.0323 e. The lowest BCUT2D eigenvalue weighted by Crippen LogP contribution is -2.33. The van der Waals surface area contributed by atoms with Crippen molar-refractivity contribution in [2.45, 2.75) is 44.6 Å². The minimum Gasteiger partial charge on any atom is -0.310 e. The maximum absolute atomic E-state index is 3.74. The molecule has 2 rings (SSSR count). The molecule has 1 aliphatic carbocycles. The normalized spacial score (nSPS) is 21.4. The first-order valence-electron chi connectivity index (χ1n) is 7.48. The smallest absolute Gasteiger partial charge is 0.0323 e. The highest BCUT2D eigenvalue weighted by molar-refractivity contribution is 5.38. The molecule has 0 bridgehead atoms. The molecule has 2 heteroatoms. The van der Waals surface area contributed by atoms with Gasteiger partial charge in [0.25, 0.3) is 0 Å². The molecule has 106 valence electrons. The molecule has 0 aromatic heterocycles. The van der Waals surface area contributed by atoms with Crippen LogP contribution in [0.5, 0.6) is 0 Å². The van der Waals surface area contributed by atoms with E-state index in [1.807, 2.05) is 0 Å². The van der Waals surface area contributed by atoms with Crippen LogP contribution in [0.4, 0.5) is 0 Å². The number of nitrogens with zero attached hydrogens (tertiary/aromatic N) is 1. The van der Waals surface area contributed by atoms with E-state index in [9.17, 15) is 0 Å². The van der Waals surface area contributed by atoms with E-state index in [4.69, 9.17) is 0 Å². The van der Waals surface area contributed by atoms with Gasteiger partial charge in [-0.15, -0.1) is 0 Å². The lowest BCUT2D eigenvalue weighted by Gasteiger charge is -2.37. The highest BCUT2D eigenvalue weighted by Crippen LogP contribution is 2.41. The van der Waals surface area contributed by atoms with Gasteiger partial charge in [-0.3, -0.25) is 0 Å². The van der Waals surface area contributed by atoms with E-state index in [0.717, 1.165) is 13.1 Å². The molecule has 19 heavy (non-hydrogen) atoms. The van der Waals surface area contributed by atoms with Gasteiger partial charge in [0.05, 0.1) is 0 Å². The summed E-state index contributed by atoms with van der Waals surface area (Å²) in [6, 6.07) is 9.51. The summed E-state index contributed by atoms with van der Waals surface area (Å²) in [4.78, 5) is 2.25. The number of rotatable bonds is 5. The Labute approximate surface area is 118 Å². The third-order valence-electron chi connectivity index (χ3n) is 4.30. The Morgan fingerprint density at radius 1 is 1.26 bits per heavy atom. The van der Waals surface area contributed by atoms with Gasteiger partial charge in [0.15, 0.2) is 0 Å². The van der Waals surface area contributed by atoms with Crippen molar-refractivity contribution in [3.05, 3.63) is 35.4 Å². The van der Waals surface area contributed by atoms with Crippen LogP contribution in [0.3, 0.4) is 0 Å². The summed E-state index contributed by atoms with van der Waals surface area (Å²) in [5.74, 6) is 0. The molecule has 0 spiro atoms. The first kappa shape index (κ1) is 14.5. The summed E-state index contributed by atoms with van der Waals surface area (Å²) in [7, 11) is 4.27. The molecule has 1 unspecified atom stereocenters. The topological polar surface area (TPSA) is 15.3 Å². The van der Waals surface area contributed by atoms with Crippen LogP contribution in [0.25, 0.3) is 0 Å². The van der Waals surface area contributed by atoms with E-state index in [-0.39, 0.29) is 0 Å². The van der Waals surface area contributed by atoms with Gasteiger partial charge in [-0.25, -0.2) is 0 Å². The van der Waals surface area contributed by atoms with Crippen LogP contribution >= 0.6 is 0 Å². The Kier molecular flexibility index (Phi) is 4.64. The van der Waals surface area contributed by atoms with Gasteiger partial charge in [-0.2, -0.15) is 0 Å². The minimum absolute atomic E-state index is 0.332. The minimum atomic E-state index is 0.332. The van der Waals surface area contributed by atoms with Crippen molar-refractivity contribution in [1.82, 2.24) is 10.2 Å². The Hall–Kier alpha value is -0.860. The summed E-state index contributed by atoms with van der Waals surface area (Å²) in [6.45, 7) is 7.01. The van der Waals surface area contributed by atoms with Crippen LogP contribution in [0.1, 0.15) is 50.3 Å². The fourth-order valence-electron chi connectivity index (χ4n) is 3.10. The van der Waals surface area contributed by atoms with Crippen molar-refractivity contribution in [2.24, 2.45) is 0 Å². The van der Waals surface area contributed by atoms with Crippen molar-refractivity contribution in [3.63, 3.8) is 0 Å². The first-order chi connectivity index (χ1) is 9.00. The molecular weight excluding hydrogens is 232 g/mol. The van der Waals surface area contributed by atoms with E-state index >= 15 is 0 Å². The highest BCUT2D eigenvalue weighted by Gasteiger charge is 2.31. The fraction of sp³-hybridized carbons (Fsp3) is 0.647. The van der Waals surface area contributed by atoms with E-state index in [1.165, 1.54) is 30.4 Å². The van der Waals surface area contributed by atoms with E-state index < -0.39 is 0 Å². The summed E-state index contributed by atoms with van der Waals surface area (Å²) < 4.78 is 0. The van der Waals surface area contributed by atoms with Crippen molar-refractivity contribution < 1.29 is 0 Å². The van der Waals surface area contributed by atoms with E-state index in [2.05, 4.69) is 62.4 Å². The Balaban J connectivity index is 2.00. The number of benzene rings is 1. The van der Waals surface area contributed by atoms with Crippen molar-refractivity contribution in [3.8, 4) is 0 Å². The Morgan fingerprint density at radius 3 is 2.74 bits per heavy atom. The lowest BCUT2D eigenvalue weighted by molar-refractivity contribution is 0.344. The first-order valence-corrected chi connectivity index (χ1v) is 7.48. The van der Waals surface area contributed by atoms with Gasteiger partial charge < -0.3 is 10.2 Å². The number of fused-ring (bicyclic) bond motifs is 1.